The highest BCUT2D eigenvalue weighted by Gasteiger charge is 2.57. The molecule has 1 aromatic heterocycles. The van der Waals surface area contributed by atoms with Gasteiger partial charge in [0.25, 0.3) is 5.91 Å². The molecule has 1 unspecified atom stereocenters. The number of hydrogen-bond acceptors (Lipinski definition) is 6. The Bertz CT molecular complexity index is 1420. The third kappa shape index (κ3) is 4.15. The molecule has 1 atom stereocenters. The molecule has 0 N–H and O–H groups in total. The zero-order chi connectivity index (χ0) is 24.6. The van der Waals surface area contributed by atoms with Crippen LogP contribution in [0.4, 0.5) is 4.39 Å². The second-order valence-corrected chi connectivity index (χ2v) is 10.1. The van der Waals surface area contributed by atoms with Crippen molar-refractivity contribution in [3.05, 3.63) is 119 Å². The summed E-state index contributed by atoms with van der Waals surface area (Å²) in [6.07, 6.45) is 1.95. The number of carbonyl (C=O) groups is 2. The summed E-state index contributed by atoms with van der Waals surface area (Å²) in [5.74, 6) is -4.14. The molecule has 0 aliphatic carbocycles. The van der Waals surface area contributed by atoms with Crippen LogP contribution in [0.2, 0.25) is 0 Å². The van der Waals surface area contributed by atoms with Gasteiger partial charge in [-0.1, -0.05) is 66.7 Å². The highest BCUT2D eigenvalue weighted by molar-refractivity contribution is 7.92. The Kier molecular flexibility index (Phi) is 5.78. The van der Waals surface area contributed by atoms with E-state index in [-0.39, 0.29) is 5.57 Å². The number of esters is 1. The van der Waals surface area contributed by atoms with Crippen LogP contribution in [0.3, 0.4) is 0 Å². The van der Waals surface area contributed by atoms with Crippen molar-refractivity contribution in [3.63, 3.8) is 0 Å². The summed E-state index contributed by atoms with van der Waals surface area (Å²) in [6.45, 7) is 0. The van der Waals surface area contributed by atoms with Crippen LogP contribution in [0.25, 0.3) is 6.08 Å². The maximum absolute atomic E-state index is 15.0. The smallest absolute Gasteiger partial charge is 0.358 e. The summed E-state index contributed by atoms with van der Waals surface area (Å²) in [7, 11) is -4.11. The maximum Gasteiger partial charge on any atom is 0.358 e. The van der Waals surface area contributed by atoms with Crippen LogP contribution < -0.4 is 0 Å². The molecule has 176 valence electrons. The normalized spacial score (nSPS) is 19.9. The van der Waals surface area contributed by atoms with E-state index in [9.17, 15) is 18.0 Å². The minimum absolute atomic E-state index is 0.0795. The number of nitrogens with zero attached hydrogens (tertiary/aromatic N) is 2. The lowest BCUT2D eigenvalue weighted by atomic mass is 10.0. The van der Waals surface area contributed by atoms with Crippen LogP contribution in [-0.4, -0.2) is 41.3 Å². The number of rotatable bonds is 5. The van der Waals surface area contributed by atoms with Crippen LogP contribution in [0.5, 0.6) is 0 Å². The van der Waals surface area contributed by atoms with Gasteiger partial charge in [-0.15, -0.1) is 0 Å². The second kappa shape index (κ2) is 8.92. The van der Waals surface area contributed by atoms with Gasteiger partial charge in [0.15, 0.2) is 27.0 Å². The van der Waals surface area contributed by atoms with Gasteiger partial charge < -0.3 is 4.74 Å². The van der Waals surface area contributed by atoms with E-state index >= 15 is 4.39 Å². The fraction of sp³-hybridized carbons (Fsp3) is 0.115. The monoisotopic (exact) mass is 490 g/mol. The van der Waals surface area contributed by atoms with Crippen LogP contribution in [0, 0.1) is 0 Å². The van der Waals surface area contributed by atoms with Gasteiger partial charge in [-0.05, 0) is 29.3 Å². The van der Waals surface area contributed by atoms with Gasteiger partial charge >= 0.3 is 5.97 Å². The third-order valence-electron chi connectivity index (χ3n) is 5.75. The number of sulfone groups is 1. The minimum atomic E-state index is -4.11. The van der Waals surface area contributed by atoms with Gasteiger partial charge in [0.1, 0.15) is 11.6 Å². The van der Waals surface area contributed by atoms with Crippen molar-refractivity contribution in [1.29, 1.82) is 0 Å². The molecule has 2 aromatic carbocycles. The van der Waals surface area contributed by atoms with Gasteiger partial charge in [0.2, 0.25) is 0 Å². The third-order valence-corrected chi connectivity index (χ3v) is 7.55. The van der Waals surface area contributed by atoms with Crippen LogP contribution in [0.15, 0.2) is 102 Å². The summed E-state index contributed by atoms with van der Waals surface area (Å²) < 4.78 is 46.2. The highest BCUT2D eigenvalue weighted by Crippen LogP contribution is 2.42. The Morgan fingerprint density at radius 1 is 1.00 bits per heavy atom. The zero-order valence-corrected chi connectivity index (χ0v) is 19.1. The first-order valence-corrected chi connectivity index (χ1v) is 12.5. The molecule has 7 nitrogen and oxygen atoms in total. The molecule has 0 saturated carbocycles. The number of hydrogen-bond donors (Lipinski definition) is 0. The van der Waals surface area contributed by atoms with Crippen LogP contribution in [-0.2, 0) is 24.2 Å². The summed E-state index contributed by atoms with van der Waals surface area (Å²) >= 11 is 0. The molecule has 0 radical (unpaired) electrons. The topological polar surface area (TPSA) is 93.6 Å². The van der Waals surface area contributed by atoms with Crippen molar-refractivity contribution in [2.75, 3.05) is 5.75 Å². The number of benzene rings is 2. The summed E-state index contributed by atoms with van der Waals surface area (Å²) in [5, 5.41) is -1.48. The van der Waals surface area contributed by atoms with Crippen molar-refractivity contribution < 1.29 is 27.1 Å². The van der Waals surface area contributed by atoms with Crippen molar-refractivity contribution in [3.8, 4) is 0 Å². The van der Waals surface area contributed by atoms with Gasteiger partial charge in [0.05, 0.1) is 11.3 Å². The number of ether oxygens (including phenoxy) is 1. The van der Waals surface area contributed by atoms with E-state index in [4.69, 9.17) is 4.74 Å². The predicted octanol–water partition coefficient (Wildman–Crippen LogP) is 3.58. The molecule has 0 bridgehead atoms. The first kappa shape index (κ1) is 22.7. The van der Waals surface area contributed by atoms with E-state index in [1.165, 1.54) is 12.3 Å². The van der Waals surface area contributed by atoms with Gasteiger partial charge in [-0.2, -0.15) is 0 Å². The average Bonchev–Trinajstić information content (AvgIpc) is 2.86. The van der Waals surface area contributed by atoms with Crippen molar-refractivity contribution in [1.82, 2.24) is 9.88 Å². The Labute approximate surface area is 201 Å². The molecule has 1 fully saturated rings. The van der Waals surface area contributed by atoms with Crippen LogP contribution >= 0.6 is 0 Å². The number of aromatic nitrogens is 1. The van der Waals surface area contributed by atoms with E-state index in [2.05, 4.69) is 4.98 Å². The lowest BCUT2D eigenvalue weighted by Gasteiger charge is -2.44. The summed E-state index contributed by atoms with van der Waals surface area (Å²) in [6, 6.07) is 22.7. The SMILES string of the molecule is O=C(OC(c1ccccc1)c1ccccc1)C1=C(F)CS(=O)(=O)C2/C(=C/c3ccccn3)C(=O)N12. The number of halogens is 1. The van der Waals surface area contributed by atoms with Gasteiger partial charge in [0, 0.05) is 6.20 Å². The first-order chi connectivity index (χ1) is 16.9. The molecule has 5 rings (SSSR count). The molecule has 3 aromatic rings. The molecule has 3 heterocycles. The van der Waals surface area contributed by atoms with Crippen molar-refractivity contribution >= 4 is 27.8 Å². The van der Waals surface area contributed by atoms with E-state index in [0.29, 0.717) is 21.7 Å². The predicted molar refractivity (Wildman–Crippen MR) is 126 cm³/mol. The standard InChI is InChI=1S/C26H19FN2O5S/c27-21-16-35(32,33)25-20(15-19-13-7-8-14-28-19)24(30)29(25)22(21)26(31)34-23(17-9-3-1-4-10-17)18-11-5-2-6-12-18/h1-15,23,25H,16H2/b20-15+. The molecule has 2 aliphatic heterocycles. The Balaban J connectivity index is 1.50. The quantitative estimate of drug-likeness (QED) is 0.308. The number of pyridine rings is 1. The highest BCUT2D eigenvalue weighted by atomic mass is 32.2. The van der Waals surface area contributed by atoms with Gasteiger partial charge in [-0.25, -0.2) is 17.6 Å². The van der Waals surface area contributed by atoms with E-state index in [0.717, 1.165) is 0 Å². The molecule has 9 heteroatoms. The number of amides is 1. The van der Waals surface area contributed by atoms with E-state index in [1.54, 1.807) is 78.9 Å². The molecular weight excluding hydrogens is 471 g/mol. The Morgan fingerprint density at radius 2 is 1.60 bits per heavy atom. The van der Waals surface area contributed by atoms with Crippen molar-refractivity contribution in [2.45, 2.75) is 11.5 Å². The largest absolute Gasteiger partial charge is 0.448 e. The number of fused-ring (bicyclic) bond motifs is 1. The molecule has 0 spiro atoms. The lowest BCUT2D eigenvalue weighted by Crippen LogP contribution is -2.62. The maximum atomic E-state index is 15.0. The Morgan fingerprint density at radius 3 is 2.17 bits per heavy atom. The summed E-state index contributed by atoms with van der Waals surface area (Å²) in [4.78, 5) is 30.9. The first-order valence-electron chi connectivity index (χ1n) is 10.7. The molecule has 35 heavy (non-hydrogen) atoms. The number of carbonyl (C=O) groups excluding carboxylic acids is 2. The van der Waals surface area contributed by atoms with Gasteiger partial charge in [-0.3, -0.25) is 14.7 Å². The molecule has 1 amide bonds. The lowest BCUT2D eigenvalue weighted by molar-refractivity contribution is -0.149. The summed E-state index contributed by atoms with van der Waals surface area (Å²) in [5.41, 5.74) is 0.879. The Hall–Kier alpha value is -4.11. The van der Waals surface area contributed by atoms with Crippen LogP contribution in [0.1, 0.15) is 22.9 Å². The number of β-lactam (4-membered cyclic amide) rings is 1. The molecule has 2 aliphatic rings. The average molecular weight is 491 g/mol. The second-order valence-electron chi connectivity index (χ2n) is 8.05. The fourth-order valence-corrected chi connectivity index (χ4v) is 5.89. The van der Waals surface area contributed by atoms with E-state index < -0.39 is 50.5 Å². The molecule has 1 saturated heterocycles. The van der Waals surface area contributed by atoms with Crippen molar-refractivity contribution in [2.24, 2.45) is 0 Å². The zero-order valence-electron chi connectivity index (χ0n) is 18.2. The molecular formula is C26H19FN2O5S. The fourth-order valence-electron chi connectivity index (χ4n) is 4.16. The minimum Gasteiger partial charge on any atom is -0.448 e. The van der Waals surface area contributed by atoms with E-state index in [1.807, 2.05) is 0 Å².